The van der Waals surface area contributed by atoms with Crippen LogP contribution in [0.5, 0.6) is 0 Å². The third kappa shape index (κ3) is 3.38. The van der Waals surface area contributed by atoms with E-state index < -0.39 is 0 Å². The van der Waals surface area contributed by atoms with Crippen LogP contribution in [0, 0.1) is 0 Å². The molecule has 4 heteroatoms. The van der Waals surface area contributed by atoms with E-state index in [0.717, 1.165) is 12.4 Å². The molecule has 3 nitrogen and oxygen atoms in total. The van der Waals surface area contributed by atoms with Crippen molar-refractivity contribution < 1.29 is 0 Å². The highest BCUT2D eigenvalue weighted by atomic mass is 32.2. The summed E-state index contributed by atoms with van der Waals surface area (Å²) in [6, 6.07) is 1.90. The Balaban J connectivity index is 2.54. The summed E-state index contributed by atoms with van der Waals surface area (Å²) in [5.74, 6) is 0.908. The number of hydrogen-bond donors (Lipinski definition) is 1. The molecule has 1 heterocycles. The molecule has 0 bridgehead atoms. The molecule has 1 N–H and O–H groups in total. The van der Waals surface area contributed by atoms with E-state index in [1.807, 2.05) is 17.8 Å². The average Bonchev–Trinajstić information content (AvgIpc) is 2.33. The molecule has 0 unspecified atom stereocenters. The van der Waals surface area contributed by atoms with Crippen LogP contribution in [-0.2, 0) is 0 Å². The van der Waals surface area contributed by atoms with Gasteiger partial charge in [0.25, 0.3) is 0 Å². The summed E-state index contributed by atoms with van der Waals surface area (Å²) in [7, 11) is 0. The number of nitrogens with zero attached hydrogens (tertiary/aromatic N) is 2. The van der Waals surface area contributed by atoms with Gasteiger partial charge in [-0.3, -0.25) is 0 Å². The maximum Gasteiger partial charge on any atom is 0.129 e. The molecule has 0 radical (unpaired) electrons. The van der Waals surface area contributed by atoms with Crippen LogP contribution < -0.4 is 5.32 Å². The molecule has 0 amide bonds. The topological polar surface area (TPSA) is 37.8 Å². The minimum absolute atomic E-state index is 0.324. The molecular weight excluding hydrogens is 206 g/mol. The molecule has 0 aliphatic heterocycles. The Morgan fingerprint density at radius 1 is 1.40 bits per heavy atom. The number of rotatable bonds is 6. The van der Waals surface area contributed by atoms with E-state index in [4.69, 9.17) is 0 Å². The molecular formula is C11H19N3S. The van der Waals surface area contributed by atoms with Gasteiger partial charge < -0.3 is 5.32 Å². The van der Waals surface area contributed by atoms with E-state index in [2.05, 4.69) is 35.4 Å². The van der Waals surface area contributed by atoms with Crippen LogP contribution >= 0.6 is 11.8 Å². The van der Waals surface area contributed by atoms with Gasteiger partial charge in [0.2, 0.25) is 0 Å². The summed E-state index contributed by atoms with van der Waals surface area (Å²) in [6.07, 6.45) is 7.84. The van der Waals surface area contributed by atoms with Gasteiger partial charge in [0.05, 0.1) is 0 Å². The minimum Gasteiger partial charge on any atom is -0.369 e. The second-order valence-corrected chi connectivity index (χ2v) is 4.82. The molecule has 0 aromatic carbocycles. The Morgan fingerprint density at radius 2 is 2.13 bits per heavy atom. The van der Waals surface area contributed by atoms with Crippen LogP contribution in [0.1, 0.15) is 26.7 Å². The van der Waals surface area contributed by atoms with E-state index in [-0.39, 0.29) is 0 Å². The van der Waals surface area contributed by atoms with Crippen molar-refractivity contribution in [2.75, 3.05) is 18.1 Å². The smallest absolute Gasteiger partial charge is 0.129 e. The van der Waals surface area contributed by atoms with E-state index in [1.165, 1.54) is 12.8 Å². The lowest BCUT2D eigenvalue weighted by molar-refractivity contribution is 0.574. The standard InChI is InChI=1S/C11H19N3S/c1-4-11(5-2,15-3)8-13-10-6-7-12-9-14-10/h6-7,9H,4-5,8H2,1-3H3,(H,12,13,14). The first-order valence-electron chi connectivity index (χ1n) is 5.31. The normalized spacial score (nSPS) is 11.4. The van der Waals surface area contributed by atoms with Gasteiger partial charge in [-0.15, -0.1) is 0 Å². The number of anilines is 1. The summed E-state index contributed by atoms with van der Waals surface area (Å²) in [5.41, 5.74) is 0. The molecule has 0 saturated heterocycles. The van der Waals surface area contributed by atoms with Gasteiger partial charge >= 0.3 is 0 Å². The van der Waals surface area contributed by atoms with Gasteiger partial charge in [0, 0.05) is 17.5 Å². The Labute approximate surface area is 96.1 Å². The molecule has 1 rings (SSSR count). The summed E-state index contributed by atoms with van der Waals surface area (Å²) < 4.78 is 0.324. The van der Waals surface area contributed by atoms with E-state index in [1.54, 1.807) is 12.5 Å². The van der Waals surface area contributed by atoms with E-state index >= 15 is 0 Å². The predicted octanol–water partition coefficient (Wildman–Crippen LogP) is 2.81. The van der Waals surface area contributed by atoms with Crippen molar-refractivity contribution in [2.24, 2.45) is 0 Å². The Kier molecular flexibility index (Phi) is 4.88. The SMILES string of the molecule is CCC(CC)(CNc1ccncn1)SC. The molecule has 0 atom stereocenters. The van der Waals surface area contributed by atoms with Crippen LogP contribution in [0.3, 0.4) is 0 Å². The molecule has 84 valence electrons. The van der Waals surface area contributed by atoms with Gasteiger partial charge in [-0.25, -0.2) is 9.97 Å². The second kappa shape index (κ2) is 5.95. The van der Waals surface area contributed by atoms with Crippen LogP contribution in [0.25, 0.3) is 0 Å². The zero-order valence-electron chi connectivity index (χ0n) is 9.66. The average molecular weight is 225 g/mol. The maximum atomic E-state index is 4.15. The Hall–Kier alpha value is -0.770. The fourth-order valence-electron chi connectivity index (χ4n) is 1.51. The van der Waals surface area contributed by atoms with E-state index in [0.29, 0.717) is 4.75 Å². The monoisotopic (exact) mass is 225 g/mol. The highest BCUT2D eigenvalue weighted by Crippen LogP contribution is 2.30. The van der Waals surface area contributed by atoms with Gasteiger partial charge in [-0.1, -0.05) is 13.8 Å². The largest absolute Gasteiger partial charge is 0.369 e. The zero-order valence-corrected chi connectivity index (χ0v) is 10.5. The van der Waals surface area contributed by atoms with Gasteiger partial charge in [-0.05, 0) is 25.2 Å². The van der Waals surface area contributed by atoms with Crippen molar-refractivity contribution in [3.8, 4) is 0 Å². The Bertz CT molecular complexity index is 264. The van der Waals surface area contributed by atoms with Crippen molar-refractivity contribution >= 4 is 17.6 Å². The Morgan fingerprint density at radius 3 is 2.60 bits per heavy atom. The summed E-state index contributed by atoms with van der Waals surface area (Å²) >= 11 is 1.93. The van der Waals surface area contributed by atoms with Crippen molar-refractivity contribution in [2.45, 2.75) is 31.4 Å². The number of thioether (sulfide) groups is 1. The first kappa shape index (κ1) is 12.3. The molecule has 1 aromatic heterocycles. The minimum atomic E-state index is 0.324. The molecule has 1 aromatic rings. The number of nitrogens with one attached hydrogen (secondary N) is 1. The van der Waals surface area contributed by atoms with Crippen LogP contribution in [-0.4, -0.2) is 27.5 Å². The van der Waals surface area contributed by atoms with Crippen molar-refractivity contribution in [3.63, 3.8) is 0 Å². The zero-order chi connectivity index (χ0) is 11.1. The first-order chi connectivity index (χ1) is 7.26. The van der Waals surface area contributed by atoms with Gasteiger partial charge in [-0.2, -0.15) is 11.8 Å². The maximum absolute atomic E-state index is 4.15. The van der Waals surface area contributed by atoms with Crippen LogP contribution in [0.2, 0.25) is 0 Å². The summed E-state index contributed by atoms with van der Waals surface area (Å²) in [6.45, 7) is 5.43. The number of aromatic nitrogens is 2. The molecule has 0 spiro atoms. The third-order valence-electron chi connectivity index (χ3n) is 2.90. The highest BCUT2D eigenvalue weighted by molar-refractivity contribution is 8.00. The van der Waals surface area contributed by atoms with Crippen molar-refractivity contribution in [1.82, 2.24) is 9.97 Å². The molecule has 0 aliphatic carbocycles. The summed E-state index contributed by atoms with van der Waals surface area (Å²) in [5, 5.41) is 3.37. The third-order valence-corrected chi connectivity index (χ3v) is 4.48. The quantitative estimate of drug-likeness (QED) is 0.808. The lowest BCUT2D eigenvalue weighted by atomic mass is 10.0. The molecule has 15 heavy (non-hydrogen) atoms. The lowest BCUT2D eigenvalue weighted by Crippen LogP contribution is -2.32. The van der Waals surface area contributed by atoms with E-state index in [9.17, 15) is 0 Å². The fourth-order valence-corrected chi connectivity index (χ4v) is 2.30. The van der Waals surface area contributed by atoms with Gasteiger partial charge in [0.1, 0.15) is 12.1 Å². The molecule has 0 saturated carbocycles. The first-order valence-corrected chi connectivity index (χ1v) is 6.54. The van der Waals surface area contributed by atoms with Crippen molar-refractivity contribution in [1.29, 1.82) is 0 Å². The second-order valence-electron chi connectivity index (χ2n) is 3.54. The van der Waals surface area contributed by atoms with Crippen LogP contribution in [0.4, 0.5) is 5.82 Å². The molecule has 0 fully saturated rings. The molecule has 0 aliphatic rings. The number of hydrogen-bond acceptors (Lipinski definition) is 4. The fraction of sp³-hybridized carbons (Fsp3) is 0.636. The lowest BCUT2D eigenvalue weighted by Gasteiger charge is -2.29. The van der Waals surface area contributed by atoms with Gasteiger partial charge in [0.15, 0.2) is 0 Å². The summed E-state index contributed by atoms with van der Waals surface area (Å²) in [4.78, 5) is 8.05. The predicted molar refractivity (Wildman–Crippen MR) is 67.3 cm³/mol. The highest BCUT2D eigenvalue weighted by Gasteiger charge is 2.24. The van der Waals surface area contributed by atoms with Crippen molar-refractivity contribution in [3.05, 3.63) is 18.6 Å². The van der Waals surface area contributed by atoms with Crippen LogP contribution in [0.15, 0.2) is 18.6 Å².